The van der Waals surface area contributed by atoms with Crippen molar-refractivity contribution in [2.45, 2.75) is 27.2 Å². The Morgan fingerprint density at radius 2 is 2.12 bits per heavy atom. The Bertz CT molecular complexity index is 376. The van der Waals surface area contributed by atoms with Gasteiger partial charge in [0.1, 0.15) is 16.6 Å². The molecule has 0 spiro atoms. The van der Waals surface area contributed by atoms with E-state index in [0.29, 0.717) is 5.56 Å². The summed E-state index contributed by atoms with van der Waals surface area (Å²) in [6.45, 7) is 10.4. The van der Waals surface area contributed by atoms with E-state index >= 15 is 0 Å². The number of hydrogen-bond donors (Lipinski definition) is 1. The molecule has 0 radical (unpaired) electrons. The van der Waals surface area contributed by atoms with Crippen LogP contribution in [0.5, 0.6) is 0 Å². The molecule has 0 fully saturated rings. The van der Waals surface area contributed by atoms with Crippen LogP contribution in [0.3, 0.4) is 0 Å². The number of aromatic nitrogens is 1. The molecule has 1 N–H and O–H groups in total. The zero-order chi connectivity index (χ0) is 12.7. The van der Waals surface area contributed by atoms with Gasteiger partial charge in [-0.05, 0) is 44.5 Å². The van der Waals surface area contributed by atoms with Gasteiger partial charge in [-0.3, -0.25) is 0 Å². The lowest BCUT2D eigenvalue weighted by molar-refractivity contribution is 0.303. The highest BCUT2D eigenvalue weighted by Crippen LogP contribution is 2.22. The predicted octanol–water partition coefficient (Wildman–Crippen LogP) is 2.47. The van der Waals surface area contributed by atoms with Crippen molar-refractivity contribution in [3.63, 3.8) is 0 Å². The number of rotatable bonds is 7. The average molecular weight is 252 g/mol. The van der Waals surface area contributed by atoms with Crippen molar-refractivity contribution in [2.75, 3.05) is 31.5 Å². The molecule has 0 unspecified atom stereocenters. The largest absolute Gasteiger partial charge is 0.375 e. The molecule has 0 aliphatic rings. The Kier molecular flexibility index (Phi) is 5.95. The van der Waals surface area contributed by atoms with Gasteiger partial charge in [-0.15, -0.1) is 0 Å². The first kappa shape index (κ1) is 13.9. The minimum absolute atomic E-state index is 0.692. The van der Waals surface area contributed by atoms with E-state index in [1.807, 2.05) is 6.92 Å². The van der Waals surface area contributed by atoms with E-state index in [9.17, 15) is 0 Å². The highest BCUT2D eigenvalue weighted by Gasteiger charge is 2.09. The van der Waals surface area contributed by atoms with Gasteiger partial charge in [-0.1, -0.05) is 13.8 Å². The molecular formula is C12H20N4S. The summed E-state index contributed by atoms with van der Waals surface area (Å²) in [7, 11) is 0. The van der Waals surface area contributed by atoms with Crippen molar-refractivity contribution < 1.29 is 0 Å². The first-order valence-electron chi connectivity index (χ1n) is 6.05. The molecule has 0 aliphatic carbocycles. The third-order valence-electron chi connectivity index (χ3n) is 2.81. The van der Waals surface area contributed by atoms with Gasteiger partial charge in [-0.2, -0.15) is 9.64 Å². The lowest BCUT2D eigenvalue weighted by atomic mass is 10.3. The van der Waals surface area contributed by atoms with E-state index < -0.39 is 0 Å². The molecule has 1 heterocycles. The minimum atomic E-state index is 0.692. The third-order valence-corrected chi connectivity index (χ3v) is 3.70. The molecule has 0 bridgehead atoms. The Balaban J connectivity index is 2.34. The van der Waals surface area contributed by atoms with Crippen LogP contribution in [-0.2, 0) is 0 Å². The van der Waals surface area contributed by atoms with Gasteiger partial charge < -0.3 is 10.2 Å². The molecule has 94 valence electrons. The zero-order valence-corrected chi connectivity index (χ0v) is 11.6. The van der Waals surface area contributed by atoms with E-state index in [1.54, 1.807) is 0 Å². The van der Waals surface area contributed by atoms with Crippen LogP contribution < -0.4 is 5.32 Å². The molecule has 0 aliphatic heterocycles. The number of hydrogen-bond acceptors (Lipinski definition) is 5. The van der Waals surface area contributed by atoms with E-state index in [-0.39, 0.29) is 0 Å². The van der Waals surface area contributed by atoms with E-state index in [0.717, 1.165) is 43.3 Å². The normalized spacial score (nSPS) is 10.5. The second-order valence-corrected chi connectivity index (χ2v) is 4.66. The number of anilines is 1. The summed E-state index contributed by atoms with van der Waals surface area (Å²) in [5, 5.41) is 13.2. The van der Waals surface area contributed by atoms with Crippen molar-refractivity contribution in [3.05, 3.63) is 11.3 Å². The minimum Gasteiger partial charge on any atom is -0.375 e. The molecule has 4 nitrogen and oxygen atoms in total. The number of nitriles is 1. The van der Waals surface area contributed by atoms with Crippen LogP contribution in [0, 0.1) is 18.3 Å². The molecule has 1 rings (SSSR count). The third kappa shape index (κ3) is 3.99. The van der Waals surface area contributed by atoms with E-state index in [2.05, 4.69) is 34.5 Å². The van der Waals surface area contributed by atoms with Crippen molar-refractivity contribution in [1.82, 2.24) is 9.27 Å². The van der Waals surface area contributed by atoms with Crippen LogP contribution in [0.2, 0.25) is 0 Å². The molecule has 0 saturated heterocycles. The fourth-order valence-corrected chi connectivity index (χ4v) is 2.44. The first-order chi connectivity index (χ1) is 8.22. The first-order valence-corrected chi connectivity index (χ1v) is 6.82. The van der Waals surface area contributed by atoms with Crippen molar-refractivity contribution in [1.29, 1.82) is 5.26 Å². The predicted molar refractivity (Wildman–Crippen MR) is 72.5 cm³/mol. The maximum absolute atomic E-state index is 8.98. The second-order valence-electron chi connectivity index (χ2n) is 3.89. The Morgan fingerprint density at radius 1 is 1.41 bits per heavy atom. The van der Waals surface area contributed by atoms with Gasteiger partial charge in [0.2, 0.25) is 0 Å². The zero-order valence-electron chi connectivity index (χ0n) is 10.8. The summed E-state index contributed by atoms with van der Waals surface area (Å²) in [5.74, 6) is 0. The summed E-state index contributed by atoms with van der Waals surface area (Å²) in [6.07, 6.45) is 1.09. The smallest absolute Gasteiger partial charge is 0.127 e. The van der Waals surface area contributed by atoms with Gasteiger partial charge in [0.25, 0.3) is 0 Å². The van der Waals surface area contributed by atoms with Gasteiger partial charge in [-0.25, -0.2) is 0 Å². The van der Waals surface area contributed by atoms with Crippen LogP contribution in [0.25, 0.3) is 0 Å². The summed E-state index contributed by atoms with van der Waals surface area (Å²) in [5.41, 5.74) is 1.52. The highest BCUT2D eigenvalue weighted by molar-refractivity contribution is 7.10. The summed E-state index contributed by atoms with van der Waals surface area (Å²) in [4.78, 5) is 2.39. The van der Waals surface area contributed by atoms with Crippen LogP contribution >= 0.6 is 11.5 Å². The number of nitrogens with zero attached hydrogens (tertiary/aromatic N) is 3. The molecule has 17 heavy (non-hydrogen) atoms. The Morgan fingerprint density at radius 3 is 2.71 bits per heavy atom. The summed E-state index contributed by atoms with van der Waals surface area (Å²) < 4.78 is 4.18. The van der Waals surface area contributed by atoms with Crippen molar-refractivity contribution in [3.8, 4) is 6.07 Å². The van der Waals surface area contributed by atoms with Gasteiger partial charge in [0, 0.05) is 6.54 Å². The van der Waals surface area contributed by atoms with Crippen LogP contribution in [0.4, 0.5) is 5.00 Å². The van der Waals surface area contributed by atoms with Crippen molar-refractivity contribution in [2.24, 2.45) is 0 Å². The van der Waals surface area contributed by atoms with Crippen LogP contribution in [0.15, 0.2) is 0 Å². The molecular weight excluding hydrogens is 232 g/mol. The summed E-state index contributed by atoms with van der Waals surface area (Å²) >= 11 is 1.37. The molecule has 0 aromatic carbocycles. The van der Waals surface area contributed by atoms with Crippen LogP contribution in [0.1, 0.15) is 31.5 Å². The van der Waals surface area contributed by atoms with Gasteiger partial charge in [0.15, 0.2) is 0 Å². The highest BCUT2D eigenvalue weighted by atomic mass is 32.1. The SMILES string of the molecule is CCN(CC)CCCNc1snc(C)c1C#N. The van der Waals surface area contributed by atoms with E-state index in [4.69, 9.17) is 5.26 Å². The molecule has 0 saturated carbocycles. The van der Waals surface area contributed by atoms with Crippen molar-refractivity contribution >= 4 is 16.5 Å². The van der Waals surface area contributed by atoms with Gasteiger partial charge >= 0.3 is 0 Å². The topological polar surface area (TPSA) is 52.0 Å². The lowest BCUT2D eigenvalue weighted by Crippen LogP contribution is -2.25. The number of aryl methyl sites for hydroxylation is 1. The Hall–Kier alpha value is -1.12. The molecule has 0 amide bonds. The monoisotopic (exact) mass is 252 g/mol. The molecule has 1 aromatic rings. The summed E-state index contributed by atoms with van der Waals surface area (Å²) in [6, 6.07) is 2.19. The fraction of sp³-hybridized carbons (Fsp3) is 0.667. The van der Waals surface area contributed by atoms with E-state index in [1.165, 1.54) is 11.5 Å². The molecule has 5 heteroatoms. The number of nitrogens with one attached hydrogen (secondary N) is 1. The maximum atomic E-state index is 8.98. The molecule has 1 aromatic heterocycles. The lowest BCUT2D eigenvalue weighted by Gasteiger charge is -2.17. The molecule has 0 atom stereocenters. The second kappa shape index (κ2) is 7.25. The average Bonchev–Trinajstić information content (AvgIpc) is 2.70. The Labute approximate surface area is 107 Å². The maximum Gasteiger partial charge on any atom is 0.127 e. The fourth-order valence-electron chi connectivity index (χ4n) is 1.67. The standard InChI is InChI=1S/C12H20N4S/c1-4-16(5-2)8-6-7-14-12-11(9-13)10(3)15-17-12/h14H,4-8H2,1-3H3. The van der Waals surface area contributed by atoms with Crippen LogP contribution in [-0.4, -0.2) is 35.5 Å². The quantitative estimate of drug-likeness (QED) is 0.757. The van der Waals surface area contributed by atoms with Gasteiger partial charge in [0.05, 0.1) is 5.69 Å².